The lowest BCUT2D eigenvalue weighted by atomic mass is 10.2. The molecule has 2 aromatic heterocycles. The van der Waals surface area contributed by atoms with Crippen molar-refractivity contribution in [3.05, 3.63) is 46.1 Å². The number of halogens is 1. The molecule has 2 heterocycles. The Morgan fingerprint density at radius 1 is 1.29 bits per heavy atom. The fraction of sp³-hybridized carbons (Fsp3) is 0.400. The molecule has 2 rings (SSSR count). The number of rotatable bonds is 7. The standard InChI is InChI=1S/C15H19BrN4O/c1-3-7-18-15-14(16)12(10-21-2)19-13(20-15)9-11-6-4-5-8-17-11/h4-6,8H,3,7,9-10H2,1-2H3,(H,18,19,20). The lowest BCUT2D eigenvalue weighted by Gasteiger charge is -2.12. The number of anilines is 1. The van der Waals surface area contributed by atoms with Gasteiger partial charge in [0.2, 0.25) is 0 Å². The van der Waals surface area contributed by atoms with E-state index in [9.17, 15) is 0 Å². The summed E-state index contributed by atoms with van der Waals surface area (Å²) >= 11 is 3.55. The third-order valence-electron chi connectivity index (χ3n) is 2.86. The molecule has 0 aromatic carbocycles. The topological polar surface area (TPSA) is 59.9 Å². The van der Waals surface area contributed by atoms with Crippen LogP contribution in [0.4, 0.5) is 5.82 Å². The zero-order valence-corrected chi connectivity index (χ0v) is 13.9. The van der Waals surface area contributed by atoms with E-state index in [1.165, 1.54) is 0 Å². The van der Waals surface area contributed by atoms with Crippen LogP contribution in [0.2, 0.25) is 0 Å². The molecule has 0 atom stereocenters. The molecule has 0 aliphatic carbocycles. The van der Waals surface area contributed by atoms with Gasteiger partial charge in [0.25, 0.3) is 0 Å². The van der Waals surface area contributed by atoms with Crippen molar-refractivity contribution in [2.45, 2.75) is 26.4 Å². The third-order valence-corrected chi connectivity index (χ3v) is 3.69. The van der Waals surface area contributed by atoms with Crippen LogP contribution in [-0.2, 0) is 17.8 Å². The van der Waals surface area contributed by atoms with Gasteiger partial charge in [-0.25, -0.2) is 9.97 Å². The summed E-state index contributed by atoms with van der Waals surface area (Å²) in [5, 5.41) is 3.31. The Morgan fingerprint density at radius 2 is 2.14 bits per heavy atom. The average molecular weight is 351 g/mol. The minimum atomic E-state index is 0.444. The van der Waals surface area contributed by atoms with E-state index in [-0.39, 0.29) is 0 Å². The van der Waals surface area contributed by atoms with Gasteiger partial charge in [0.1, 0.15) is 11.6 Å². The van der Waals surface area contributed by atoms with E-state index in [1.807, 2.05) is 18.2 Å². The van der Waals surface area contributed by atoms with Crippen molar-refractivity contribution >= 4 is 21.7 Å². The van der Waals surface area contributed by atoms with Crippen molar-refractivity contribution < 1.29 is 4.74 Å². The minimum absolute atomic E-state index is 0.444. The van der Waals surface area contributed by atoms with E-state index in [0.717, 1.165) is 40.5 Å². The average Bonchev–Trinajstić information content (AvgIpc) is 2.50. The molecule has 0 spiro atoms. The molecule has 0 radical (unpaired) electrons. The molecule has 0 aliphatic rings. The molecule has 0 amide bonds. The number of nitrogens with one attached hydrogen (secondary N) is 1. The smallest absolute Gasteiger partial charge is 0.144 e. The number of methoxy groups -OCH3 is 1. The van der Waals surface area contributed by atoms with Gasteiger partial charge in [-0.2, -0.15) is 0 Å². The van der Waals surface area contributed by atoms with Crippen LogP contribution >= 0.6 is 15.9 Å². The second-order valence-electron chi connectivity index (χ2n) is 4.61. The first kappa shape index (κ1) is 15.9. The van der Waals surface area contributed by atoms with Crippen LogP contribution < -0.4 is 5.32 Å². The summed E-state index contributed by atoms with van der Waals surface area (Å²) in [5.74, 6) is 1.55. The summed E-state index contributed by atoms with van der Waals surface area (Å²) < 4.78 is 6.07. The summed E-state index contributed by atoms with van der Waals surface area (Å²) in [5.41, 5.74) is 1.79. The highest BCUT2D eigenvalue weighted by Gasteiger charge is 2.12. The molecule has 0 bridgehead atoms. The van der Waals surface area contributed by atoms with E-state index in [0.29, 0.717) is 13.0 Å². The zero-order valence-electron chi connectivity index (χ0n) is 12.3. The van der Waals surface area contributed by atoms with Crippen molar-refractivity contribution in [3.63, 3.8) is 0 Å². The highest BCUT2D eigenvalue weighted by atomic mass is 79.9. The van der Waals surface area contributed by atoms with Gasteiger partial charge in [-0.05, 0) is 34.5 Å². The molecule has 112 valence electrons. The summed E-state index contributed by atoms with van der Waals surface area (Å²) in [4.78, 5) is 13.5. The second kappa shape index (κ2) is 8.05. The van der Waals surface area contributed by atoms with E-state index in [1.54, 1.807) is 13.3 Å². The lowest BCUT2D eigenvalue weighted by Crippen LogP contribution is -2.10. The summed E-state index contributed by atoms with van der Waals surface area (Å²) in [7, 11) is 1.66. The Morgan fingerprint density at radius 3 is 2.81 bits per heavy atom. The summed E-state index contributed by atoms with van der Waals surface area (Å²) in [6, 6.07) is 5.84. The summed E-state index contributed by atoms with van der Waals surface area (Å²) in [6.45, 7) is 3.43. The fourth-order valence-electron chi connectivity index (χ4n) is 1.88. The van der Waals surface area contributed by atoms with E-state index in [2.05, 4.69) is 43.1 Å². The van der Waals surface area contributed by atoms with Gasteiger partial charge in [0.05, 0.1) is 23.2 Å². The van der Waals surface area contributed by atoms with Crippen LogP contribution in [-0.4, -0.2) is 28.6 Å². The number of hydrogen-bond acceptors (Lipinski definition) is 5. The van der Waals surface area contributed by atoms with Crippen LogP contribution in [0.3, 0.4) is 0 Å². The maximum Gasteiger partial charge on any atom is 0.144 e. The number of hydrogen-bond donors (Lipinski definition) is 1. The molecule has 0 saturated heterocycles. The molecule has 0 fully saturated rings. The van der Waals surface area contributed by atoms with Crippen LogP contribution in [0.15, 0.2) is 28.9 Å². The monoisotopic (exact) mass is 350 g/mol. The second-order valence-corrected chi connectivity index (χ2v) is 5.40. The highest BCUT2D eigenvalue weighted by molar-refractivity contribution is 9.10. The highest BCUT2D eigenvalue weighted by Crippen LogP contribution is 2.25. The molecule has 1 N–H and O–H groups in total. The first-order valence-corrected chi connectivity index (χ1v) is 7.72. The van der Waals surface area contributed by atoms with Crippen molar-refractivity contribution in [2.24, 2.45) is 0 Å². The number of nitrogens with zero attached hydrogens (tertiary/aromatic N) is 3. The quantitative estimate of drug-likeness (QED) is 0.830. The molecule has 2 aromatic rings. The van der Waals surface area contributed by atoms with Gasteiger partial charge in [-0.15, -0.1) is 0 Å². The Bertz CT molecular complexity index is 577. The molecule has 6 heteroatoms. The zero-order chi connectivity index (χ0) is 15.1. The first-order valence-electron chi connectivity index (χ1n) is 6.92. The number of ether oxygens (including phenoxy) is 1. The molecule has 0 aliphatic heterocycles. The van der Waals surface area contributed by atoms with E-state index >= 15 is 0 Å². The molecule has 0 unspecified atom stereocenters. The van der Waals surface area contributed by atoms with Gasteiger partial charge in [-0.3, -0.25) is 4.98 Å². The Kier molecular flexibility index (Phi) is 6.07. The van der Waals surface area contributed by atoms with E-state index in [4.69, 9.17) is 4.74 Å². The van der Waals surface area contributed by atoms with Gasteiger partial charge >= 0.3 is 0 Å². The summed E-state index contributed by atoms with van der Waals surface area (Å²) in [6.07, 6.45) is 3.41. The Labute approximate surface area is 133 Å². The lowest BCUT2D eigenvalue weighted by molar-refractivity contribution is 0.180. The van der Waals surface area contributed by atoms with Crippen molar-refractivity contribution in [1.29, 1.82) is 0 Å². The maximum absolute atomic E-state index is 5.21. The normalized spacial score (nSPS) is 10.6. The van der Waals surface area contributed by atoms with Crippen molar-refractivity contribution in [3.8, 4) is 0 Å². The molecular formula is C15H19BrN4O. The first-order chi connectivity index (χ1) is 10.2. The molecule has 21 heavy (non-hydrogen) atoms. The SMILES string of the molecule is CCCNc1nc(Cc2ccccn2)nc(COC)c1Br. The van der Waals surface area contributed by atoms with Gasteiger partial charge in [0.15, 0.2) is 0 Å². The van der Waals surface area contributed by atoms with Crippen LogP contribution in [0, 0.1) is 0 Å². The van der Waals surface area contributed by atoms with Gasteiger partial charge < -0.3 is 10.1 Å². The number of pyridine rings is 1. The van der Waals surface area contributed by atoms with Crippen molar-refractivity contribution in [2.75, 3.05) is 19.0 Å². The molecule has 5 nitrogen and oxygen atoms in total. The fourth-order valence-corrected chi connectivity index (χ4v) is 2.31. The van der Waals surface area contributed by atoms with Gasteiger partial charge in [-0.1, -0.05) is 13.0 Å². The van der Waals surface area contributed by atoms with Crippen LogP contribution in [0.25, 0.3) is 0 Å². The van der Waals surface area contributed by atoms with Crippen LogP contribution in [0.5, 0.6) is 0 Å². The van der Waals surface area contributed by atoms with Gasteiger partial charge in [0, 0.05) is 25.5 Å². The minimum Gasteiger partial charge on any atom is -0.378 e. The van der Waals surface area contributed by atoms with Crippen LogP contribution in [0.1, 0.15) is 30.6 Å². The largest absolute Gasteiger partial charge is 0.378 e. The Hall–Kier alpha value is -1.53. The number of aromatic nitrogens is 3. The Balaban J connectivity index is 2.29. The van der Waals surface area contributed by atoms with Crippen molar-refractivity contribution in [1.82, 2.24) is 15.0 Å². The predicted molar refractivity (Wildman–Crippen MR) is 86.3 cm³/mol. The third kappa shape index (κ3) is 4.47. The maximum atomic E-state index is 5.21. The van der Waals surface area contributed by atoms with E-state index < -0.39 is 0 Å². The predicted octanol–water partition coefficient (Wildman–Crippen LogP) is 3.19. The molecule has 0 saturated carbocycles. The molecular weight excluding hydrogens is 332 g/mol.